The van der Waals surface area contributed by atoms with Gasteiger partial charge < -0.3 is 4.57 Å². The minimum atomic E-state index is -0.438. The molecule has 0 atom stereocenters. The topological polar surface area (TPSA) is 4.93 Å². The first-order chi connectivity index (χ1) is 46.9. The van der Waals surface area contributed by atoms with Crippen LogP contribution in [-0.4, -0.2) is 4.57 Å². The van der Waals surface area contributed by atoms with Gasteiger partial charge in [0.05, 0.1) is 21.9 Å². The first-order valence-electron chi connectivity index (χ1n) is 33.4. The largest absolute Gasteiger partial charge is 0.309 e. The zero-order valence-corrected chi connectivity index (χ0v) is 52.7. The molecule has 0 radical (unpaired) electrons. The Balaban J connectivity index is 0.753. The van der Waals surface area contributed by atoms with E-state index in [4.69, 9.17) is 0 Å². The van der Waals surface area contributed by atoms with Crippen LogP contribution in [-0.2, 0) is 10.8 Å². The molecule has 442 valence electrons. The summed E-state index contributed by atoms with van der Waals surface area (Å²) in [5.41, 5.74) is 40.8. The molecule has 0 unspecified atom stereocenters. The van der Waals surface area contributed by atoms with Gasteiger partial charge >= 0.3 is 0 Å². The van der Waals surface area contributed by atoms with E-state index in [1.807, 2.05) is 0 Å². The van der Waals surface area contributed by atoms with E-state index in [1.54, 1.807) is 0 Å². The average Bonchev–Trinajstić information content (AvgIpc) is 1.52. The van der Waals surface area contributed by atoms with Crippen molar-refractivity contribution in [1.82, 2.24) is 4.57 Å². The van der Waals surface area contributed by atoms with Gasteiger partial charge in [-0.1, -0.05) is 278 Å². The molecule has 0 N–H and O–H groups in total. The number of aromatic nitrogens is 1. The molecule has 1 heterocycles. The highest BCUT2D eigenvalue weighted by Crippen LogP contribution is 2.65. The Bertz CT molecular complexity index is 5520. The molecule has 1 heteroatoms. The summed E-state index contributed by atoms with van der Waals surface area (Å²) in [5.74, 6) is 0. The van der Waals surface area contributed by atoms with Crippen molar-refractivity contribution in [2.75, 3.05) is 0 Å². The summed E-state index contributed by atoms with van der Waals surface area (Å²) in [6.07, 6.45) is 0. The molecule has 15 aromatic carbocycles. The minimum absolute atomic E-state index is 0.438. The van der Waals surface area contributed by atoms with E-state index in [2.05, 4.69) is 352 Å². The smallest absolute Gasteiger partial charge is 0.0725 e. The highest BCUT2D eigenvalue weighted by molar-refractivity contribution is 6.12. The molecule has 0 saturated heterocycles. The number of fused-ring (bicyclic) bond motifs is 23. The van der Waals surface area contributed by atoms with Crippen molar-refractivity contribution in [2.24, 2.45) is 0 Å². The third-order valence-corrected chi connectivity index (χ3v) is 21.7. The van der Waals surface area contributed by atoms with E-state index in [0.717, 1.165) is 22.3 Å². The van der Waals surface area contributed by atoms with Crippen LogP contribution in [0, 0.1) is 13.8 Å². The van der Waals surface area contributed by atoms with E-state index in [9.17, 15) is 0 Å². The van der Waals surface area contributed by atoms with Crippen LogP contribution in [0.4, 0.5) is 0 Å². The monoisotopic (exact) mass is 1200 g/mol. The Hall–Kier alpha value is -11.9. The maximum atomic E-state index is 2.52. The molecular formula is C94H61N. The molecule has 20 rings (SSSR count). The predicted molar refractivity (Wildman–Crippen MR) is 395 cm³/mol. The van der Waals surface area contributed by atoms with E-state index in [0.29, 0.717) is 0 Å². The molecule has 0 amide bonds. The van der Waals surface area contributed by atoms with Crippen molar-refractivity contribution in [1.29, 1.82) is 0 Å². The van der Waals surface area contributed by atoms with Crippen molar-refractivity contribution in [2.45, 2.75) is 24.7 Å². The second-order valence-electron chi connectivity index (χ2n) is 26.8. The lowest BCUT2D eigenvalue weighted by Gasteiger charge is -2.30. The van der Waals surface area contributed by atoms with Crippen molar-refractivity contribution >= 4 is 21.8 Å². The van der Waals surface area contributed by atoms with Gasteiger partial charge in [-0.3, -0.25) is 0 Å². The van der Waals surface area contributed by atoms with Crippen molar-refractivity contribution in [3.8, 4) is 117 Å². The van der Waals surface area contributed by atoms with Gasteiger partial charge in [0, 0.05) is 16.5 Å². The molecule has 0 fully saturated rings. The van der Waals surface area contributed by atoms with E-state index in [1.165, 1.54) is 172 Å². The van der Waals surface area contributed by atoms with Gasteiger partial charge in [-0.25, -0.2) is 0 Å². The highest BCUT2D eigenvalue weighted by atomic mass is 15.0. The average molecular weight is 1200 g/mol. The van der Waals surface area contributed by atoms with Crippen LogP contribution in [0.15, 0.2) is 334 Å². The van der Waals surface area contributed by atoms with Crippen LogP contribution in [0.25, 0.3) is 139 Å². The molecule has 95 heavy (non-hydrogen) atoms. The SMILES string of the molecule is Cc1cc(C)cc(-c2ccc(-c3cc(-c4ccccc4)cc(-c4ccc(-n5c6ccc(-c7ccc8c(c7)C7(c9ccccc9-c9ccccc97)c7ccccc7-8)cc6c6cc(-c7ccc8c(c7)C7(c9ccccc9-c9ccccc97)c7ccccc7-8)ccc65)cc4)c3)cc2)c1. The lowest BCUT2D eigenvalue weighted by molar-refractivity contribution is 0.794. The zero-order valence-electron chi connectivity index (χ0n) is 52.7. The molecule has 4 aliphatic carbocycles. The summed E-state index contributed by atoms with van der Waals surface area (Å²) >= 11 is 0. The van der Waals surface area contributed by atoms with Gasteiger partial charge in [-0.15, -0.1) is 0 Å². The van der Waals surface area contributed by atoms with Gasteiger partial charge in [-0.05, 0) is 236 Å². The molecule has 4 aliphatic rings. The minimum Gasteiger partial charge on any atom is -0.309 e. The lowest BCUT2D eigenvalue weighted by Crippen LogP contribution is -2.25. The fraction of sp³-hybridized carbons (Fsp3) is 0.0426. The van der Waals surface area contributed by atoms with Crippen molar-refractivity contribution in [3.63, 3.8) is 0 Å². The van der Waals surface area contributed by atoms with Gasteiger partial charge in [0.1, 0.15) is 0 Å². The quantitative estimate of drug-likeness (QED) is 0.150. The first-order valence-corrected chi connectivity index (χ1v) is 33.4. The van der Waals surface area contributed by atoms with Crippen LogP contribution in [0.5, 0.6) is 0 Å². The van der Waals surface area contributed by atoms with Crippen molar-refractivity contribution in [3.05, 3.63) is 389 Å². The van der Waals surface area contributed by atoms with Crippen LogP contribution < -0.4 is 0 Å². The number of hydrogen-bond donors (Lipinski definition) is 0. The van der Waals surface area contributed by atoms with E-state index < -0.39 is 10.8 Å². The van der Waals surface area contributed by atoms with Crippen molar-refractivity contribution < 1.29 is 0 Å². The van der Waals surface area contributed by atoms with Crippen LogP contribution in [0.1, 0.15) is 55.6 Å². The second kappa shape index (κ2) is 20.3. The molecule has 1 aromatic heterocycles. The molecule has 2 spiro atoms. The maximum Gasteiger partial charge on any atom is 0.0725 e. The number of nitrogens with zero attached hydrogens (tertiary/aromatic N) is 1. The summed E-state index contributed by atoms with van der Waals surface area (Å²) in [6.45, 7) is 4.36. The number of benzene rings is 15. The lowest BCUT2D eigenvalue weighted by atomic mass is 9.70. The summed E-state index contributed by atoms with van der Waals surface area (Å²) in [7, 11) is 0. The third kappa shape index (κ3) is 7.67. The first kappa shape index (κ1) is 53.7. The molecular weight excluding hydrogens is 1140 g/mol. The Morgan fingerprint density at radius 2 is 0.463 bits per heavy atom. The fourth-order valence-electron chi connectivity index (χ4n) is 17.8. The summed E-state index contributed by atoms with van der Waals surface area (Å²) in [4.78, 5) is 0. The standard InChI is InChI=1S/C94H61N/c1-58-48-59(2)50-68(49-58)61-32-34-62(35-33-61)70-51-69(60-18-4-3-5-19-60)52-71(53-70)63-36-42-72(43-37-63)95-91-46-40-64(66-38-44-79-77-24-10-16-30-87(77)93(89(79)56-66)83-26-12-6-20-73(83)74-21-7-13-27-84(74)93)54-81(91)82-55-65(41-47-92(82)95)67-39-45-80-78-25-11-17-31-88(78)94(90(80)57-67)85-28-14-8-22-75(85)76-23-9-15-29-86(76)94/h3-57H,1-2H3. The van der Waals surface area contributed by atoms with E-state index >= 15 is 0 Å². The molecule has 1 nitrogen and oxygen atoms in total. The van der Waals surface area contributed by atoms with E-state index in [-0.39, 0.29) is 0 Å². The normalized spacial score (nSPS) is 13.5. The zero-order chi connectivity index (χ0) is 62.7. The summed E-state index contributed by atoms with van der Waals surface area (Å²) < 4.78 is 2.49. The van der Waals surface area contributed by atoms with Crippen LogP contribution >= 0.6 is 0 Å². The van der Waals surface area contributed by atoms with Gasteiger partial charge in [-0.2, -0.15) is 0 Å². The maximum absolute atomic E-state index is 2.52. The Kier molecular flexibility index (Phi) is 11.5. The molecule has 0 saturated carbocycles. The molecule has 16 aromatic rings. The summed E-state index contributed by atoms with van der Waals surface area (Å²) in [5, 5.41) is 2.43. The highest BCUT2D eigenvalue weighted by Gasteiger charge is 2.53. The fourth-order valence-corrected chi connectivity index (χ4v) is 17.8. The molecule has 0 bridgehead atoms. The van der Waals surface area contributed by atoms with Gasteiger partial charge in [0.25, 0.3) is 0 Å². The second-order valence-corrected chi connectivity index (χ2v) is 26.8. The number of hydrogen-bond acceptors (Lipinski definition) is 0. The summed E-state index contributed by atoms with van der Waals surface area (Å²) in [6, 6.07) is 127. The predicted octanol–water partition coefficient (Wildman–Crippen LogP) is 24.1. The molecule has 0 aliphatic heterocycles. The number of rotatable bonds is 7. The Morgan fingerprint density at radius 3 is 0.832 bits per heavy atom. The van der Waals surface area contributed by atoms with Crippen LogP contribution in [0.2, 0.25) is 0 Å². The van der Waals surface area contributed by atoms with Gasteiger partial charge in [0.2, 0.25) is 0 Å². The third-order valence-electron chi connectivity index (χ3n) is 21.7. The van der Waals surface area contributed by atoms with Gasteiger partial charge in [0.15, 0.2) is 0 Å². The Labute approximate surface area is 553 Å². The van der Waals surface area contributed by atoms with Crippen LogP contribution in [0.3, 0.4) is 0 Å². The number of aryl methyl sites for hydroxylation is 2. The Morgan fingerprint density at radius 1 is 0.189 bits per heavy atom.